The summed E-state index contributed by atoms with van der Waals surface area (Å²) >= 11 is 0. The second kappa shape index (κ2) is 10.7. The molecule has 218 valence electrons. The maximum atomic E-state index is 13.0. The Kier molecular flexibility index (Phi) is 7.07. The molecule has 1 amide bonds. The molecule has 0 aliphatic carbocycles. The molecule has 5 heterocycles. The summed E-state index contributed by atoms with van der Waals surface area (Å²) in [7, 11) is 2.09. The van der Waals surface area contributed by atoms with Gasteiger partial charge in [0.1, 0.15) is 34.8 Å². The van der Waals surface area contributed by atoms with Gasteiger partial charge < -0.3 is 25.6 Å². The fourth-order valence-electron chi connectivity index (χ4n) is 5.39. The van der Waals surface area contributed by atoms with Gasteiger partial charge in [-0.15, -0.1) is 0 Å². The van der Waals surface area contributed by atoms with Crippen molar-refractivity contribution in [2.24, 2.45) is 5.92 Å². The van der Waals surface area contributed by atoms with E-state index in [0.29, 0.717) is 47.5 Å². The lowest BCUT2D eigenvalue weighted by molar-refractivity contribution is -0.137. The number of anilines is 2. The Balaban J connectivity index is 1.25. The molecule has 4 aromatic rings. The Hall–Kier alpha value is -4.49. The Morgan fingerprint density at radius 3 is 2.60 bits per heavy atom. The van der Waals surface area contributed by atoms with E-state index in [4.69, 9.17) is 15.5 Å². The lowest BCUT2D eigenvalue weighted by atomic mass is 9.96. The van der Waals surface area contributed by atoms with Crippen LogP contribution in [0.15, 0.2) is 67.3 Å². The average Bonchev–Trinajstić information content (AvgIpc) is 3.36. The summed E-state index contributed by atoms with van der Waals surface area (Å²) in [4.78, 5) is 30.3. The van der Waals surface area contributed by atoms with Crippen LogP contribution in [0.3, 0.4) is 0 Å². The van der Waals surface area contributed by atoms with Gasteiger partial charge in [-0.2, -0.15) is 13.2 Å². The van der Waals surface area contributed by atoms with E-state index >= 15 is 0 Å². The van der Waals surface area contributed by atoms with Crippen LogP contribution >= 0.6 is 0 Å². The smallest absolute Gasteiger partial charge is 0.382 e. The van der Waals surface area contributed by atoms with Gasteiger partial charge in [0.2, 0.25) is 0 Å². The normalized spacial score (nSPS) is 18.2. The van der Waals surface area contributed by atoms with Crippen molar-refractivity contribution < 1.29 is 22.7 Å². The minimum Gasteiger partial charge on any atom is -0.382 e. The maximum Gasteiger partial charge on any atom is 0.416 e. The van der Waals surface area contributed by atoms with E-state index in [1.54, 1.807) is 36.7 Å². The number of nitrogens with one attached hydrogen (secondary N) is 1. The zero-order valence-corrected chi connectivity index (χ0v) is 22.8. The first-order chi connectivity index (χ1) is 20.1. The monoisotopic (exact) mass is 578 g/mol. The first-order valence-corrected chi connectivity index (χ1v) is 13.4. The van der Waals surface area contributed by atoms with Crippen molar-refractivity contribution in [2.45, 2.75) is 12.3 Å². The predicted octanol–water partition coefficient (Wildman–Crippen LogP) is 4.09. The van der Waals surface area contributed by atoms with Gasteiger partial charge >= 0.3 is 6.18 Å². The molecule has 3 aromatic heterocycles. The molecule has 3 N–H and O–H groups in total. The van der Waals surface area contributed by atoms with E-state index in [9.17, 15) is 18.0 Å². The number of halogens is 3. The van der Waals surface area contributed by atoms with Gasteiger partial charge in [-0.05, 0) is 31.3 Å². The van der Waals surface area contributed by atoms with Gasteiger partial charge in [-0.25, -0.2) is 15.0 Å². The van der Waals surface area contributed by atoms with Crippen molar-refractivity contribution >= 4 is 23.1 Å². The highest BCUT2D eigenvalue weighted by molar-refractivity contribution is 6.04. The third-order valence-electron chi connectivity index (χ3n) is 7.66. The van der Waals surface area contributed by atoms with E-state index < -0.39 is 17.6 Å². The van der Waals surface area contributed by atoms with Crippen LogP contribution in [-0.4, -0.2) is 74.9 Å². The van der Waals surface area contributed by atoms with Gasteiger partial charge in [0, 0.05) is 61.0 Å². The molecule has 2 fully saturated rings. The number of hydrogen-bond donors (Lipinski definition) is 2. The number of fused-ring (bicyclic) bond motifs is 1. The molecule has 42 heavy (non-hydrogen) atoms. The number of nitrogens with two attached hydrogens (primary N) is 1. The summed E-state index contributed by atoms with van der Waals surface area (Å²) in [6.07, 6.45) is -0.481. The summed E-state index contributed by atoms with van der Waals surface area (Å²) in [5.74, 6) is 0.601. The van der Waals surface area contributed by atoms with E-state index in [2.05, 4.69) is 38.7 Å². The van der Waals surface area contributed by atoms with Crippen molar-refractivity contribution in [3.05, 3.63) is 84.2 Å². The number of nitrogen functional groups attached to an aromatic ring is 1. The molecule has 10 nitrogen and oxygen atoms in total. The molecule has 0 radical (unpaired) electrons. The molecule has 2 aliphatic heterocycles. The Morgan fingerprint density at radius 1 is 1.12 bits per heavy atom. The van der Waals surface area contributed by atoms with E-state index in [1.165, 1.54) is 0 Å². The van der Waals surface area contributed by atoms with Gasteiger partial charge in [0.05, 0.1) is 18.7 Å². The van der Waals surface area contributed by atoms with Crippen LogP contribution in [0.2, 0.25) is 0 Å². The van der Waals surface area contributed by atoms with Crippen molar-refractivity contribution in [1.29, 1.82) is 0 Å². The molecule has 0 bridgehead atoms. The Bertz CT molecular complexity index is 1650. The lowest BCUT2D eigenvalue weighted by Gasteiger charge is -2.44. The topological polar surface area (TPSA) is 114 Å². The minimum atomic E-state index is -4.55. The number of imidazole rings is 1. The first kappa shape index (κ1) is 27.7. The molecule has 13 heteroatoms. The number of alkyl halides is 3. The number of morpholine rings is 1. The highest BCUT2D eigenvalue weighted by Gasteiger charge is 2.34. The third-order valence-corrected chi connectivity index (χ3v) is 7.66. The van der Waals surface area contributed by atoms with E-state index in [1.807, 2.05) is 4.40 Å². The molecule has 2 aliphatic rings. The standard InChI is InChI=1S/C29H29F3N8O2/c1-17(20-14-38(2)15-20)39-11-12-42-22(16-39)27-37-24(25-26(33)35-9-10-40(25)27)18-3-5-19(6-4-18)28(41)36-23-13-21(7-8-34-23)29(30,31)32/h3-10,13,20,22H,1,11-12,14-16H2,2H3,(H2,33,35)(H,34,36,41)/t22-/m1/s1. The average molecular weight is 579 g/mol. The summed E-state index contributed by atoms with van der Waals surface area (Å²) in [6, 6.07) is 8.16. The fraction of sp³-hybridized carbons (Fsp3) is 0.310. The van der Waals surface area contributed by atoms with E-state index in [0.717, 1.165) is 43.7 Å². The number of rotatable bonds is 6. The molecular weight excluding hydrogens is 549 g/mol. The predicted molar refractivity (Wildman–Crippen MR) is 150 cm³/mol. The second-order valence-corrected chi connectivity index (χ2v) is 10.5. The fourth-order valence-corrected chi connectivity index (χ4v) is 5.39. The molecule has 0 spiro atoms. The zero-order chi connectivity index (χ0) is 29.6. The summed E-state index contributed by atoms with van der Waals surface area (Å²) < 4.78 is 47.1. The van der Waals surface area contributed by atoms with Crippen LogP contribution in [0.1, 0.15) is 27.8 Å². The van der Waals surface area contributed by atoms with E-state index in [-0.39, 0.29) is 17.5 Å². The van der Waals surface area contributed by atoms with Gasteiger partial charge in [-0.1, -0.05) is 18.7 Å². The van der Waals surface area contributed by atoms with Crippen molar-refractivity contribution in [1.82, 2.24) is 29.2 Å². The molecule has 1 aromatic carbocycles. The van der Waals surface area contributed by atoms with Crippen LogP contribution in [-0.2, 0) is 10.9 Å². The largest absolute Gasteiger partial charge is 0.416 e. The summed E-state index contributed by atoms with van der Waals surface area (Å²) in [5, 5.41) is 2.42. The number of hydrogen-bond acceptors (Lipinski definition) is 8. The number of amides is 1. The number of carbonyl (C=O) groups excluding carboxylic acids is 1. The quantitative estimate of drug-likeness (QED) is 0.352. The number of nitrogens with zero attached hydrogens (tertiary/aromatic N) is 6. The molecular formula is C29H29F3N8O2. The highest BCUT2D eigenvalue weighted by Crippen LogP contribution is 2.34. The molecule has 0 unspecified atom stereocenters. The van der Waals surface area contributed by atoms with Crippen LogP contribution in [0.4, 0.5) is 24.8 Å². The number of aromatic nitrogens is 4. The Morgan fingerprint density at radius 2 is 1.88 bits per heavy atom. The van der Waals surface area contributed by atoms with Crippen LogP contribution in [0.25, 0.3) is 16.8 Å². The van der Waals surface area contributed by atoms with Crippen molar-refractivity contribution in [2.75, 3.05) is 50.9 Å². The van der Waals surface area contributed by atoms with Crippen LogP contribution in [0.5, 0.6) is 0 Å². The Labute approximate surface area is 239 Å². The SMILES string of the molecule is C=C(C1CN(C)C1)N1CCO[C@@H](c2nc(-c3ccc(C(=O)Nc4cc(C(F)(F)F)ccn4)cc3)c3c(N)nccn23)C1. The molecule has 0 saturated carbocycles. The number of benzene rings is 1. The van der Waals surface area contributed by atoms with Crippen molar-refractivity contribution in [3.8, 4) is 11.3 Å². The lowest BCUT2D eigenvalue weighted by Crippen LogP contribution is -2.49. The molecule has 6 rings (SSSR count). The molecule has 2 saturated heterocycles. The minimum absolute atomic E-state index is 0.198. The third kappa shape index (κ3) is 5.28. The first-order valence-electron chi connectivity index (χ1n) is 13.4. The second-order valence-electron chi connectivity index (χ2n) is 10.5. The van der Waals surface area contributed by atoms with Gasteiger partial charge in [0.25, 0.3) is 5.91 Å². The number of carbonyl (C=O) groups is 1. The van der Waals surface area contributed by atoms with Crippen LogP contribution < -0.4 is 11.1 Å². The van der Waals surface area contributed by atoms with Gasteiger partial charge in [0.15, 0.2) is 0 Å². The zero-order valence-electron chi connectivity index (χ0n) is 22.8. The van der Waals surface area contributed by atoms with Crippen LogP contribution in [0, 0.1) is 5.92 Å². The number of pyridine rings is 1. The summed E-state index contributed by atoms with van der Waals surface area (Å²) in [6.45, 7) is 8.22. The maximum absolute atomic E-state index is 13.0. The number of ether oxygens (including phenoxy) is 1. The van der Waals surface area contributed by atoms with Gasteiger partial charge in [-0.3, -0.25) is 9.20 Å². The van der Waals surface area contributed by atoms with Crippen molar-refractivity contribution in [3.63, 3.8) is 0 Å². The number of likely N-dealkylation sites (tertiary alicyclic amines) is 1. The summed E-state index contributed by atoms with van der Waals surface area (Å²) in [5.41, 5.74) is 8.61. The highest BCUT2D eigenvalue weighted by atomic mass is 19.4. The molecule has 1 atom stereocenters.